The van der Waals surface area contributed by atoms with E-state index in [4.69, 9.17) is 0 Å². The number of aldehydes is 1. The molecule has 2 amide bonds. The van der Waals surface area contributed by atoms with E-state index in [1.165, 1.54) is 0 Å². The molecule has 0 spiro atoms. The number of carbonyl (C=O) groups is 3. The van der Waals surface area contributed by atoms with Crippen molar-refractivity contribution in [3.05, 3.63) is 0 Å². The Kier molecular flexibility index (Phi) is 3.97. The Balaban J connectivity index is 1.55. The van der Waals surface area contributed by atoms with Gasteiger partial charge in [-0.2, -0.15) is 0 Å². The summed E-state index contributed by atoms with van der Waals surface area (Å²) >= 11 is 0. The Morgan fingerprint density at radius 2 is 2.27 bits per heavy atom. The number of hydrogen-bond donors (Lipinski definition) is 3. The van der Waals surface area contributed by atoms with Gasteiger partial charge in [-0.1, -0.05) is 13.8 Å². The van der Waals surface area contributed by atoms with Gasteiger partial charge in [0.2, 0.25) is 11.8 Å². The van der Waals surface area contributed by atoms with Crippen LogP contribution in [0.2, 0.25) is 0 Å². The van der Waals surface area contributed by atoms with E-state index in [0.29, 0.717) is 24.8 Å². The van der Waals surface area contributed by atoms with Gasteiger partial charge in [0.1, 0.15) is 6.29 Å². The molecule has 0 aromatic carbocycles. The maximum absolute atomic E-state index is 12.4. The van der Waals surface area contributed by atoms with Crippen LogP contribution in [0.1, 0.15) is 33.1 Å². The summed E-state index contributed by atoms with van der Waals surface area (Å²) in [4.78, 5) is 35.5. The number of piperidine rings is 2. The highest BCUT2D eigenvalue weighted by Gasteiger charge is 2.65. The lowest BCUT2D eigenvalue weighted by Crippen LogP contribution is -2.50. The number of carbonyl (C=O) groups excluding carboxylic acids is 3. The smallest absolute Gasteiger partial charge is 0.238 e. The minimum absolute atomic E-state index is 0.00488. The molecule has 2 aliphatic heterocycles. The summed E-state index contributed by atoms with van der Waals surface area (Å²) < 4.78 is 0. The summed E-state index contributed by atoms with van der Waals surface area (Å²) in [6.45, 7) is 5.95. The second-order valence-corrected chi connectivity index (χ2v) is 7.46. The molecule has 6 heteroatoms. The van der Waals surface area contributed by atoms with E-state index in [0.717, 1.165) is 25.7 Å². The molecule has 1 aliphatic carbocycles. The van der Waals surface area contributed by atoms with E-state index in [1.54, 1.807) is 0 Å². The van der Waals surface area contributed by atoms with E-state index < -0.39 is 6.04 Å². The minimum atomic E-state index is -0.580. The first-order chi connectivity index (χ1) is 10.4. The minimum Gasteiger partial charge on any atom is -0.356 e. The normalized spacial score (nSPS) is 36.9. The highest BCUT2D eigenvalue weighted by Crippen LogP contribution is 2.62. The topological polar surface area (TPSA) is 87.3 Å². The average molecular weight is 307 g/mol. The molecule has 1 saturated carbocycles. The molecule has 2 heterocycles. The van der Waals surface area contributed by atoms with Crippen molar-refractivity contribution in [1.82, 2.24) is 16.0 Å². The van der Waals surface area contributed by atoms with Gasteiger partial charge >= 0.3 is 0 Å². The second kappa shape index (κ2) is 5.65. The molecule has 0 aromatic rings. The zero-order valence-electron chi connectivity index (χ0n) is 13.2. The fourth-order valence-electron chi connectivity index (χ4n) is 4.26. The van der Waals surface area contributed by atoms with Gasteiger partial charge in [-0.15, -0.1) is 0 Å². The Hall–Kier alpha value is -1.43. The maximum atomic E-state index is 12.4. The summed E-state index contributed by atoms with van der Waals surface area (Å²) in [6, 6.07) is -0.785. The van der Waals surface area contributed by atoms with Gasteiger partial charge < -0.3 is 20.7 Å². The molecule has 0 radical (unpaired) electrons. The predicted molar refractivity (Wildman–Crippen MR) is 80.9 cm³/mol. The van der Waals surface area contributed by atoms with Crippen molar-refractivity contribution in [2.45, 2.75) is 45.2 Å². The Morgan fingerprint density at radius 1 is 1.50 bits per heavy atom. The first-order valence-electron chi connectivity index (χ1n) is 8.22. The molecule has 3 unspecified atom stereocenters. The van der Waals surface area contributed by atoms with Crippen LogP contribution < -0.4 is 16.0 Å². The largest absolute Gasteiger partial charge is 0.356 e. The van der Waals surface area contributed by atoms with Crippen LogP contribution in [0, 0.1) is 23.2 Å². The lowest BCUT2D eigenvalue weighted by atomic mass is 9.91. The molecule has 0 bridgehead atoms. The number of rotatable bonds is 5. The molecule has 5 atom stereocenters. The number of fused-ring (bicyclic) bond motifs is 1. The summed E-state index contributed by atoms with van der Waals surface area (Å²) in [6.07, 6.45) is 2.86. The summed E-state index contributed by atoms with van der Waals surface area (Å²) in [5, 5.41) is 8.88. The lowest BCUT2D eigenvalue weighted by Gasteiger charge is -2.25. The standard InChI is InChI=1S/C16H25N3O3/c1-16(2)11-7-18-13(12(11)16)15(22)19-10(8-20)6-9-4-3-5-17-14(9)21/h8-13,18H,3-7H2,1-2H3,(H,17,21)(H,19,22)/t9-,10-,11?,12?,13?/m0/s1. The molecular weight excluding hydrogens is 282 g/mol. The van der Waals surface area contributed by atoms with Gasteiger partial charge in [-0.25, -0.2) is 0 Å². The maximum Gasteiger partial charge on any atom is 0.238 e. The molecule has 0 aromatic heterocycles. The zero-order chi connectivity index (χ0) is 15.9. The number of amides is 2. The van der Waals surface area contributed by atoms with Crippen molar-refractivity contribution in [3.8, 4) is 0 Å². The van der Waals surface area contributed by atoms with Gasteiger partial charge in [0.25, 0.3) is 0 Å². The van der Waals surface area contributed by atoms with Gasteiger partial charge in [0.15, 0.2) is 0 Å². The van der Waals surface area contributed by atoms with Gasteiger partial charge in [0.05, 0.1) is 12.1 Å². The molecule has 2 saturated heterocycles. The number of nitrogens with one attached hydrogen (secondary N) is 3. The van der Waals surface area contributed by atoms with Crippen LogP contribution in [-0.4, -0.2) is 43.3 Å². The van der Waals surface area contributed by atoms with Crippen molar-refractivity contribution in [3.63, 3.8) is 0 Å². The number of hydrogen-bond acceptors (Lipinski definition) is 4. The third-order valence-electron chi connectivity index (χ3n) is 5.77. The molecule has 3 rings (SSSR count). The van der Waals surface area contributed by atoms with E-state index in [1.807, 2.05) is 0 Å². The van der Waals surface area contributed by atoms with Crippen LogP contribution in [0.3, 0.4) is 0 Å². The molecule has 6 nitrogen and oxygen atoms in total. The van der Waals surface area contributed by atoms with Crippen LogP contribution in [0.4, 0.5) is 0 Å². The van der Waals surface area contributed by atoms with Gasteiger partial charge in [-0.05, 0) is 43.1 Å². The molecular formula is C16H25N3O3. The highest BCUT2D eigenvalue weighted by molar-refractivity contribution is 5.86. The fraction of sp³-hybridized carbons (Fsp3) is 0.812. The summed E-state index contributed by atoms with van der Waals surface area (Å²) in [5.74, 6) is 0.631. The summed E-state index contributed by atoms with van der Waals surface area (Å²) in [5.41, 5.74) is 0.215. The van der Waals surface area contributed by atoms with Crippen molar-refractivity contribution in [2.24, 2.45) is 23.2 Å². The van der Waals surface area contributed by atoms with Crippen LogP contribution in [-0.2, 0) is 14.4 Å². The molecule has 3 aliphatic rings. The zero-order valence-corrected chi connectivity index (χ0v) is 13.2. The molecule has 3 fully saturated rings. The Bertz CT molecular complexity index is 491. The van der Waals surface area contributed by atoms with Gasteiger partial charge in [0, 0.05) is 12.5 Å². The van der Waals surface area contributed by atoms with E-state index in [2.05, 4.69) is 29.8 Å². The average Bonchev–Trinajstić information content (AvgIpc) is 2.88. The van der Waals surface area contributed by atoms with Crippen LogP contribution in [0.5, 0.6) is 0 Å². The van der Waals surface area contributed by atoms with Crippen molar-refractivity contribution < 1.29 is 14.4 Å². The summed E-state index contributed by atoms with van der Waals surface area (Å²) in [7, 11) is 0. The van der Waals surface area contributed by atoms with Crippen molar-refractivity contribution in [1.29, 1.82) is 0 Å². The van der Waals surface area contributed by atoms with Crippen LogP contribution in [0.25, 0.3) is 0 Å². The first-order valence-corrected chi connectivity index (χ1v) is 8.22. The van der Waals surface area contributed by atoms with Crippen molar-refractivity contribution >= 4 is 18.1 Å². The quantitative estimate of drug-likeness (QED) is 0.616. The third kappa shape index (κ3) is 2.64. The highest BCUT2D eigenvalue weighted by atomic mass is 16.2. The second-order valence-electron chi connectivity index (χ2n) is 7.46. The van der Waals surface area contributed by atoms with E-state index >= 15 is 0 Å². The molecule has 22 heavy (non-hydrogen) atoms. The van der Waals surface area contributed by atoms with E-state index in [9.17, 15) is 14.4 Å². The van der Waals surface area contributed by atoms with Crippen LogP contribution >= 0.6 is 0 Å². The SMILES string of the molecule is CC1(C)C2CNC(C(=O)N[C@H](C=O)C[C@@H]3CCCNC3=O)C21. The van der Waals surface area contributed by atoms with E-state index in [-0.39, 0.29) is 29.2 Å². The Labute approximate surface area is 130 Å². The lowest BCUT2D eigenvalue weighted by molar-refractivity contribution is -0.129. The first kappa shape index (κ1) is 15.5. The molecule has 3 N–H and O–H groups in total. The Morgan fingerprint density at radius 3 is 2.86 bits per heavy atom. The van der Waals surface area contributed by atoms with Crippen molar-refractivity contribution in [2.75, 3.05) is 13.1 Å². The monoisotopic (exact) mass is 307 g/mol. The predicted octanol–water partition coefficient (Wildman–Crippen LogP) is -0.170. The fourth-order valence-corrected chi connectivity index (χ4v) is 4.26. The molecule has 122 valence electrons. The van der Waals surface area contributed by atoms with Gasteiger partial charge in [-0.3, -0.25) is 9.59 Å². The third-order valence-corrected chi connectivity index (χ3v) is 5.77. The van der Waals surface area contributed by atoms with Crippen LogP contribution in [0.15, 0.2) is 0 Å².